The molecule has 0 N–H and O–H groups in total. The van der Waals surface area contributed by atoms with Gasteiger partial charge in [-0.05, 0) is 74.1 Å². The summed E-state index contributed by atoms with van der Waals surface area (Å²) in [6.07, 6.45) is 0. The molecule has 8 aromatic carbocycles. The molecule has 10 aromatic rings. The van der Waals surface area contributed by atoms with E-state index in [2.05, 4.69) is 133 Å². The van der Waals surface area contributed by atoms with Crippen LogP contribution in [-0.4, -0.2) is 15.0 Å². The second-order valence-electron chi connectivity index (χ2n) is 12.9. The Kier molecular flexibility index (Phi) is 6.78. The van der Waals surface area contributed by atoms with Crippen LogP contribution in [0.15, 0.2) is 180 Å². The lowest BCUT2D eigenvalue weighted by Gasteiger charge is -2.10. The predicted molar refractivity (Wildman–Crippen MR) is 209 cm³/mol. The number of nitrogens with zero attached hydrogens (tertiary/aromatic N) is 3. The zero-order valence-corrected chi connectivity index (χ0v) is 27.5. The topological polar surface area (TPSA) is 51.8 Å². The summed E-state index contributed by atoms with van der Waals surface area (Å²) >= 11 is 0. The molecule has 4 nitrogen and oxygen atoms in total. The Morgan fingerprint density at radius 1 is 0.314 bits per heavy atom. The monoisotopic (exact) mass is 651 g/mol. The molecule has 0 fully saturated rings. The van der Waals surface area contributed by atoms with E-state index in [0.29, 0.717) is 17.5 Å². The third-order valence-corrected chi connectivity index (χ3v) is 9.71. The van der Waals surface area contributed by atoms with E-state index in [9.17, 15) is 0 Å². The maximum absolute atomic E-state index is 6.52. The Labute approximate surface area is 294 Å². The zero-order chi connectivity index (χ0) is 33.7. The van der Waals surface area contributed by atoms with Crippen LogP contribution in [0, 0.1) is 0 Å². The van der Waals surface area contributed by atoms with Crippen molar-refractivity contribution in [1.29, 1.82) is 0 Å². The summed E-state index contributed by atoms with van der Waals surface area (Å²) in [5.41, 5.74) is 9.01. The highest BCUT2D eigenvalue weighted by Gasteiger charge is 2.18. The average Bonchev–Trinajstić information content (AvgIpc) is 3.59. The van der Waals surface area contributed by atoms with Gasteiger partial charge in [-0.15, -0.1) is 0 Å². The smallest absolute Gasteiger partial charge is 0.164 e. The first-order valence-corrected chi connectivity index (χ1v) is 17.1. The molecule has 0 unspecified atom stereocenters. The van der Waals surface area contributed by atoms with E-state index in [1.807, 2.05) is 42.5 Å². The molecule has 0 saturated heterocycles. The van der Waals surface area contributed by atoms with Crippen molar-refractivity contribution in [3.63, 3.8) is 0 Å². The van der Waals surface area contributed by atoms with E-state index in [1.165, 1.54) is 27.3 Å². The van der Waals surface area contributed by atoms with Crippen LogP contribution in [-0.2, 0) is 0 Å². The van der Waals surface area contributed by atoms with Crippen LogP contribution in [0.5, 0.6) is 0 Å². The molecule has 0 radical (unpaired) electrons. The first kappa shape index (κ1) is 29.0. The van der Waals surface area contributed by atoms with Crippen molar-refractivity contribution in [3.05, 3.63) is 176 Å². The molecular formula is C47H29N3O. The normalized spacial score (nSPS) is 11.5. The van der Waals surface area contributed by atoms with Gasteiger partial charge in [0.15, 0.2) is 17.5 Å². The van der Waals surface area contributed by atoms with Crippen LogP contribution in [0.2, 0.25) is 0 Å². The maximum Gasteiger partial charge on any atom is 0.164 e. The molecule has 0 bridgehead atoms. The zero-order valence-electron chi connectivity index (χ0n) is 27.5. The molecule has 10 rings (SSSR count). The van der Waals surface area contributed by atoms with E-state index in [1.54, 1.807) is 0 Å². The molecule has 51 heavy (non-hydrogen) atoms. The second-order valence-corrected chi connectivity index (χ2v) is 12.9. The summed E-state index contributed by atoms with van der Waals surface area (Å²) in [5.74, 6) is 1.86. The standard InChI is InChI=1S/C47H29N3O/c1-2-11-34(12-3-1)45-48-46(39-24-22-31-10-5-7-14-36(31)28-39)50-47(49-45)41-15-8-16-42-44(41)40-26-25-38(29-43(40)51-42)33-19-17-32(18-20-33)37-23-21-30-9-4-6-13-35(30)27-37/h1-29H. The highest BCUT2D eigenvalue weighted by atomic mass is 16.3. The summed E-state index contributed by atoms with van der Waals surface area (Å²) in [6.45, 7) is 0. The Bertz CT molecular complexity index is 2910. The quantitative estimate of drug-likeness (QED) is 0.186. The summed E-state index contributed by atoms with van der Waals surface area (Å²) in [7, 11) is 0. The fourth-order valence-electron chi connectivity index (χ4n) is 7.09. The number of hydrogen-bond donors (Lipinski definition) is 0. The van der Waals surface area contributed by atoms with Crippen molar-refractivity contribution in [2.75, 3.05) is 0 Å². The van der Waals surface area contributed by atoms with Crippen LogP contribution in [0.4, 0.5) is 0 Å². The Morgan fingerprint density at radius 2 is 0.843 bits per heavy atom. The summed E-state index contributed by atoms with van der Waals surface area (Å²) in [5, 5.41) is 6.81. The van der Waals surface area contributed by atoms with Crippen LogP contribution in [0.1, 0.15) is 0 Å². The van der Waals surface area contributed by atoms with Crippen LogP contribution >= 0.6 is 0 Å². The highest BCUT2D eigenvalue weighted by Crippen LogP contribution is 2.38. The van der Waals surface area contributed by atoms with Crippen molar-refractivity contribution >= 4 is 43.5 Å². The average molecular weight is 652 g/mol. The minimum absolute atomic E-state index is 0.605. The first-order chi connectivity index (χ1) is 25.2. The summed E-state index contributed by atoms with van der Waals surface area (Å²) in [4.78, 5) is 15.1. The molecule has 4 heteroatoms. The molecule has 0 aliphatic rings. The lowest BCUT2D eigenvalue weighted by molar-refractivity contribution is 0.669. The van der Waals surface area contributed by atoms with Gasteiger partial charge in [0.25, 0.3) is 0 Å². The van der Waals surface area contributed by atoms with E-state index in [0.717, 1.165) is 55.1 Å². The molecule has 0 spiro atoms. The van der Waals surface area contributed by atoms with Crippen molar-refractivity contribution in [3.8, 4) is 56.4 Å². The Morgan fingerprint density at radius 3 is 1.55 bits per heavy atom. The molecule has 0 atom stereocenters. The second kappa shape index (κ2) is 11.9. The van der Waals surface area contributed by atoms with E-state index in [-0.39, 0.29) is 0 Å². The molecule has 2 heterocycles. The van der Waals surface area contributed by atoms with Crippen LogP contribution in [0.3, 0.4) is 0 Å². The first-order valence-electron chi connectivity index (χ1n) is 17.1. The van der Waals surface area contributed by atoms with Gasteiger partial charge in [0.05, 0.1) is 0 Å². The van der Waals surface area contributed by atoms with Gasteiger partial charge in [0.1, 0.15) is 11.2 Å². The van der Waals surface area contributed by atoms with Gasteiger partial charge < -0.3 is 4.42 Å². The molecule has 0 aliphatic heterocycles. The predicted octanol–water partition coefficient (Wildman–Crippen LogP) is 12.4. The van der Waals surface area contributed by atoms with Gasteiger partial charge in [-0.1, -0.05) is 146 Å². The summed E-state index contributed by atoms with van der Waals surface area (Å²) in [6, 6.07) is 61.2. The number of furan rings is 1. The van der Waals surface area contributed by atoms with Crippen molar-refractivity contribution < 1.29 is 4.42 Å². The number of benzene rings is 8. The molecular weight excluding hydrogens is 623 g/mol. The fourth-order valence-corrected chi connectivity index (χ4v) is 7.09. The third kappa shape index (κ3) is 5.22. The van der Waals surface area contributed by atoms with Crippen LogP contribution in [0.25, 0.3) is 99.9 Å². The van der Waals surface area contributed by atoms with Gasteiger partial charge in [0.2, 0.25) is 0 Å². The summed E-state index contributed by atoms with van der Waals surface area (Å²) < 4.78 is 6.52. The Balaban J connectivity index is 1.06. The number of fused-ring (bicyclic) bond motifs is 5. The lowest BCUT2D eigenvalue weighted by atomic mass is 9.97. The number of aromatic nitrogens is 3. The van der Waals surface area contributed by atoms with Gasteiger partial charge in [-0.2, -0.15) is 0 Å². The van der Waals surface area contributed by atoms with Crippen LogP contribution < -0.4 is 0 Å². The molecule has 2 aromatic heterocycles. The maximum atomic E-state index is 6.52. The SMILES string of the molecule is c1ccc(-c2nc(-c3ccc4ccccc4c3)nc(-c3cccc4oc5cc(-c6ccc(-c7ccc8ccccc8c7)cc6)ccc5c34)n2)cc1. The molecule has 0 saturated carbocycles. The fraction of sp³-hybridized carbons (Fsp3) is 0. The molecule has 0 amide bonds. The van der Waals surface area contributed by atoms with E-state index >= 15 is 0 Å². The molecule has 238 valence electrons. The largest absolute Gasteiger partial charge is 0.456 e. The van der Waals surface area contributed by atoms with Crippen molar-refractivity contribution in [1.82, 2.24) is 15.0 Å². The minimum Gasteiger partial charge on any atom is -0.456 e. The van der Waals surface area contributed by atoms with Crippen molar-refractivity contribution in [2.24, 2.45) is 0 Å². The van der Waals surface area contributed by atoms with E-state index in [4.69, 9.17) is 19.4 Å². The molecule has 0 aliphatic carbocycles. The Hall–Kier alpha value is -6.91. The number of hydrogen-bond acceptors (Lipinski definition) is 4. The minimum atomic E-state index is 0.605. The highest BCUT2D eigenvalue weighted by molar-refractivity contribution is 6.12. The lowest BCUT2D eigenvalue weighted by Crippen LogP contribution is -2.00. The van der Waals surface area contributed by atoms with Gasteiger partial charge in [-0.3, -0.25) is 0 Å². The van der Waals surface area contributed by atoms with Gasteiger partial charge >= 0.3 is 0 Å². The van der Waals surface area contributed by atoms with Gasteiger partial charge in [0, 0.05) is 27.5 Å². The van der Waals surface area contributed by atoms with E-state index < -0.39 is 0 Å². The number of rotatable bonds is 5. The van der Waals surface area contributed by atoms with Gasteiger partial charge in [-0.25, -0.2) is 15.0 Å². The van der Waals surface area contributed by atoms with Crippen molar-refractivity contribution in [2.45, 2.75) is 0 Å². The third-order valence-electron chi connectivity index (χ3n) is 9.71.